The first-order chi connectivity index (χ1) is 18.2. The highest BCUT2D eigenvalue weighted by Crippen LogP contribution is 2.47. The van der Waals surface area contributed by atoms with E-state index < -0.39 is 11.6 Å². The Labute approximate surface area is 220 Å². The molecule has 2 unspecified atom stereocenters. The summed E-state index contributed by atoms with van der Waals surface area (Å²) in [5.74, 6) is 0.578. The third kappa shape index (κ3) is 4.18. The Balaban J connectivity index is 1.45. The lowest BCUT2D eigenvalue weighted by Gasteiger charge is -2.43. The van der Waals surface area contributed by atoms with Crippen molar-refractivity contribution in [3.63, 3.8) is 0 Å². The van der Waals surface area contributed by atoms with Crippen LogP contribution < -0.4 is 0 Å². The molecule has 3 nitrogen and oxygen atoms in total. The molecule has 0 saturated heterocycles. The van der Waals surface area contributed by atoms with Crippen LogP contribution in [-0.2, 0) is 12.0 Å². The van der Waals surface area contributed by atoms with Crippen LogP contribution in [0.4, 0.5) is 0 Å². The summed E-state index contributed by atoms with van der Waals surface area (Å²) in [7, 11) is 0. The van der Waals surface area contributed by atoms with Crippen molar-refractivity contribution in [3.8, 4) is 0 Å². The molecule has 0 amide bonds. The lowest BCUT2D eigenvalue weighted by molar-refractivity contribution is 0.132. The van der Waals surface area contributed by atoms with Gasteiger partial charge in [-0.1, -0.05) is 116 Å². The van der Waals surface area contributed by atoms with Gasteiger partial charge in [0.1, 0.15) is 11.6 Å². The van der Waals surface area contributed by atoms with Gasteiger partial charge >= 0.3 is 0 Å². The highest BCUT2D eigenvalue weighted by Gasteiger charge is 2.45. The van der Waals surface area contributed by atoms with Crippen LogP contribution in [0.15, 0.2) is 114 Å². The van der Waals surface area contributed by atoms with Crippen LogP contribution in [0.2, 0.25) is 0 Å². The van der Waals surface area contributed by atoms with Crippen LogP contribution in [0.5, 0.6) is 0 Å². The van der Waals surface area contributed by atoms with E-state index in [1.807, 2.05) is 6.34 Å². The number of benzene rings is 4. The van der Waals surface area contributed by atoms with E-state index in [4.69, 9.17) is 4.99 Å². The lowest BCUT2D eigenvalue weighted by atomic mass is 9.75. The molecule has 37 heavy (non-hydrogen) atoms. The van der Waals surface area contributed by atoms with Crippen molar-refractivity contribution < 1.29 is 5.11 Å². The van der Waals surface area contributed by atoms with E-state index in [0.29, 0.717) is 12.5 Å². The van der Waals surface area contributed by atoms with Gasteiger partial charge in [0.15, 0.2) is 0 Å². The van der Waals surface area contributed by atoms with E-state index in [2.05, 4.69) is 121 Å². The number of aliphatic hydroxyl groups is 1. The van der Waals surface area contributed by atoms with Crippen LogP contribution in [0.3, 0.4) is 0 Å². The summed E-state index contributed by atoms with van der Waals surface area (Å²) in [6.45, 7) is 2.81. The first-order valence-electron chi connectivity index (χ1n) is 13.5. The second kappa shape index (κ2) is 9.99. The van der Waals surface area contributed by atoms with Gasteiger partial charge in [0.2, 0.25) is 0 Å². The Kier molecular flexibility index (Phi) is 6.40. The molecule has 0 radical (unpaired) electrons. The van der Waals surface area contributed by atoms with Gasteiger partial charge in [0, 0.05) is 6.54 Å². The van der Waals surface area contributed by atoms with E-state index in [9.17, 15) is 5.11 Å². The molecule has 1 aliphatic heterocycles. The monoisotopic (exact) mass is 486 g/mol. The fraction of sp³-hybridized carbons (Fsp3) is 0.265. The van der Waals surface area contributed by atoms with Crippen molar-refractivity contribution in [3.05, 3.63) is 143 Å². The topological polar surface area (TPSA) is 35.8 Å². The van der Waals surface area contributed by atoms with E-state index in [0.717, 1.165) is 12.0 Å². The summed E-state index contributed by atoms with van der Waals surface area (Å²) in [6, 6.07) is 38.4. The summed E-state index contributed by atoms with van der Waals surface area (Å²) in [6.07, 6.45) is 4.69. The number of aryl methyl sites for hydroxylation is 1. The summed E-state index contributed by atoms with van der Waals surface area (Å²) >= 11 is 0. The lowest BCUT2D eigenvalue weighted by Crippen LogP contribution is -2.48. The summed E-state index contributed by atoms with van der Waals surface area (Å²) < 4.78 is 0. The predicted molar refractivity (Wildman–Crippen MR) is 151 cm³/mol. The molecule has 4 aromatic carbocycles. The smallest absolute Gasteiger partial charge is 0.117 e. The van der Waals surface area contributed by atoms with Crippen molar-refractivity contribution in [2.24, 2.45) is 4.99 Å². The van der Waals surface area contributed by atoms with Crippen molar-refractivity contribution in [1.82, 2.24) is 4.90 Å². The zero-order valence-electron chi connectivity index (χ0n) is 21.4. The van der Waals surface area contributed by atoms with Crippen LogP contribution >= 0.6 is 0 Å². The minimum Gasteiger partial charge on any atom is -0.386 e. The summed E-state index contributed by atoms with van der Waals surface area (Å²) in [5, 5.41) is 11.8. The van der Waals surface area contributed by atoms with Crippen molar-refractivity contribution in [1.29, 1.82) is 0 Å². The molecule has 186 valence electrons. The quantitative estimate of drug-likeness (QED) is 0.276. The number of nitrogens with zero attached hydrogens (tertiary/aromatic N) is 2. The first-order valence-corrected chi connectivity index (χ1v) is 13.5. The van der Waals surface area contributed by atoms with E-state index in [-0.39, 0.29) is 6.04 Å². The Bertz CT molecular complexity index is 1270. The molecule has 3 heteroatoms. The van der Waals surface area contributed by atoms with Crippen molar-refractivity contribution in [2.75, 3.05) is 6.54 Å². The molecule has 1 N–H and O–H groups in total. The molecular formula is C34H34N2O. The highest BCUT2D eigenvalue weighted by atomic mass is 16.3. The van der Waals surface area contributed by atoms with E-state index in [1.165, 1.54) is 40.7 Å². The second-order valence-electron chi connectivity index (χ2n) is 10.3. The standard InChI is InChI=1S/C34H34N2O/c1-2-25-13-12-20-30(26-21-22-26)32(25)33(37)31-23-36(24-35-31)34(27-14-6-3-7-15-27,28-16-8-4-9-17-28)29-18-10-5-11-19-29/h3-20,24,26,31,33,37H,2,21-23H2,1H3. The molecule has 0 aromatic heterocycles. The third-order valence-corrected chi connectivity index (χ3v) is 8.08. The maximum Gasteiger partial charge on any atom is 0.117 e. The molecule has 2 atom stereocenters. The molecule has 0 bridgehead atoms. The van der Waals surface area contributed by atoms with Gasteiger partial charge in [-0.2, -0.15) is 0 Å². The average Bonchev–Trinajstić information content (AvgIpc) is 3.71. The SMILES string of the molecule is CCc1cccc(C2CC2)c1C(O)C1CN(C(c2ccccc2)(c2ccccc2)c2ccccc2)C=N1. The molecule has 1 fully saturated rings. The average molecular weight is 487 g/mol. The van der Waals surface area contributed by atoms with Crippen molar-refractivity contribution in [2.45, 2.75) is 49.8 Å². The number of aliphatic hydroxyl groups excluding tert-OH is 1. The Morgan fingerprint density at radius 2 is 1.32 bits per heavy atom. The second-order valence-corrected chi connectivity index (χ2v) is 10.3. The Hall–Kier alpha value is -3.69. The fourth-order valence-corrected chi connectivity index (χ4v) is 6.15. The van der Waals surface area contributed by atoms with Gasteiger partial charge < -0.3 is 10.0 Å². The zero-order valence-corrected chi connectivity index (χ0v) is 21.4. The van der Waals surface area contributed by atoms with Crippen molar-refractivity contribution >= 4 is 6.34 Å². The Morgan fingerprint density at radius 3 is 1.81 bits per heavy atom. The normalized spacial score (nSPS) is 18.2. The Morgan fingerprint density at radius 1 is 0.784 bits per heavy atom. The van der Waals surface area contributed by atoms with Gasteiger partial charge in [-0.25, -0.2) is 0 Å². The largest absolute Gasteiger partial charge is 0.386 e. The first kappa shape index (κ1) is 23.7. The number of hydrogen-bond acceptors (Lipinski definition) is 3. The van der Waals surface area contributed by atoms with Crippen LogP contribution in [0, 0.1) is 0 Å². The molecule has 0 spiro atoms. The maximum atomic E-state index is 11.8. The van der Waals surface area contributed by atoms with Gasteiger partial charge in [0.05, 0.1) is 12.4 Å². The predicted octanol–water partition coefficient (Wildman–Crippen LogP) is 6.86. The number of aliphatic imine (C=N–C) groups is 1. The highest BCUT2D eigenvalue weighted by molar-refractivity contribution is 5.66. The van der Waals surface area contributed by atoms with Gasteiger partial charge in [-0.05, 0) is 58.6 Å². The molecule has 1 aliphatic carbocycles. The third-order valence-electron chi connectivity index (χ3n) is 8.08. The molecule has 1 saturated carbocycles. The molecule has 4 aromatic rings. The van der Waals surface area contributed by atoms with Crippen LogP contribution in [0.25, 0.3) is 0 Å². The van der Waals surface area contributed by atoms with Gasteiger partial charge in [-0.15, -0.1) is 0 Å². The summed E-state index contributed by atoms with van der Waals surface area (Å²) in [5.41, 5.74) is 6.66. The van der Waals surface area contributed by atoms with Gasteiger partial charge in [-0.3, -0.25) is 4.99 Å². The minimum atomic E-state index is -0.631. The van der Waals surface area contributed by atoms with Crippen LogP contribution in [-0.4, -0.2) is 28.9 Å². The molecule has 2 aliphatic rings. The van der Waals surface area contributed by atoms with E-state index >= 15 is 0 Å². The molecule has 1 heterocycles. The number of hydrogen-bond donors (Lipinski definition) is 1. The zero-order chi connectivity index (χ0) is 25.2. The van der Waals surface area contributed by atoms with E-state index in [1.54, 1.807) is 0 Å². The fourth-order valence-electron chi connectivity index (χ4n) is 6.15. The maximum absolute atomic E-state index is 11.8. The van der Waals surface area contributed by atoms with Gasteiger partial charge in [0.25, 0.3) is 0 Å². The van der Waals surface area contributed by atoms with Crippen LogP contribution in [0.1, 0.15) is 65.2 Å². The molecular weight excluding hydrogens is 452 g/mol. The number of rotatable bonds is 8. The minimum absolute atomic E-state index is 0.235. The molecule has 6 rings (SSSR count). The summed E-state index contributed by atoms with van der Waals surface area (Å²) in [4.78, 5) is 7.32.